The van der Waals surface area contributed by atoms with E-state index < -0.39 is 16.7 Å². The van der Waals surface area contributed by atoms with Crippen LogP contribution < -0.4 is 4.74 Å². The van der Waals surface area contributed by atoms with Crippen LogP contribution in [0.4, 0.5) is 0 Å². The molecule has 1 aliphatic heterocycles. The number of hydrogen-bond acceptors (Lipinski definition) is 6. The van der Waals surface area contributed by atoms with Crippen molar-refractivity contribution in [2.45, 2.75) is 118 Å². The van der Waals surface area contributed by atoms with Crippen molar-refractivity contribution in [2.24, 2.45) is 4.99 Å². The van der Waals surface area contributed by atoms with Crippen LogP contribution in [0.1, 0.15) is 100 Å². The van der Waals surface area contributed by atoms with Gasteiger partial charge in [-0.15, -0.1) is 6.58 Å². The van der Waals surface area contributed by atoms with E-state index in [0.717, 1.165) is 44.5 Å². The fourth-order valence-corrected chi connectivity index (χ4v) is 2.77. The van der Waals surface area contributed by atoms with Crippen molar-refractivity contribution in [3.05, 3.63) is 42.0 Å². The van der Waals surface area contributed by atoms with Crippen molar-refractivity contribution in [3.8, 4) is 5.75 Å². The monoisotopic (exact) mass is 509 g/mol. The average Bonchev–Trinajstić information content (AvgIpc) is 3.13. The Bertz CT molecular complexity index is 705. The maximum atomic E-state index is 9.62. The van der Waals surface area contributed by atoms with Gasteiger partial charge in [-0.2, -0.15) is 0 Å². The number of allylic oxidation sites excluding steroid dienone is 1. The highest BCUT2D eigenvalue weighted by Gasteiger charge is 2.34. The predicted octanol–water partition coefficient (Wildman–Crippen LogP) is 6.50. The van der Waals surface area contributed by atoms with Crippen LogP contribution in [-0.4, -0.2) is 57.8 Å². The molecule has 0 saturated heterocycles. The lowest BCUT2D eigenvalue weighted by atomic mass is 9.94. The number of unbranched alkanes of at least 4 members (excludes halogenated alkanes) is 1. The second-order valence-electron chi connectivity index (χ2n) is 11.1. The molecular formula is C30H55NO5. The van der Waals surface area contributed by atoms with Crippen LogP contribution in [-0.2, 0) is 11.2 Å². The van der Waals surface area contributed by atoms with Crippen LogP contribution in [0.5, 0.6) is 5.75 Å². The van der Waals surface area contributed by atoms with Gasteiger partial charge in [0, 0.05) is 6.92 Å². The quantitative estimate of drug-likeness (QED) is 0.247. The third-order valence-electron chi connectivity index (χ3n) is 4.31. The first-order chi connectivity index (χ1) is 16.5. The second-order valence-corrected chi connectivity index (χ2v) is 11.1. The topological polar surface area (TPSA) is 91.5 Å². The third-order valence-corrected chi connectivity index (χ3v) is 4.31. The molecule has 0 bridgehead atoms. The van der Waals surface area contributed by atoms with Crippen LogP contribution >= 0.6 is 0 Å². The van der Waals surface area contributed by atoms with Gasteiger partial charge in [-0.25, -0.2) is 4.99 Å². The summed E-state index contributed by atoms with van der Waals surface area (Å²) in [7, 11) is 0. The minimum Gasteiger partial charge on any atom is -0.494 e. The molecule has 1 heterocycles. The van der Waals surface area contributed by atoms with Crippen molar-refractivity contribution in [1.29, 1.82) is 0 Å². The van der Waals surface area contributed by atoms with Crippen molar-refractivity contribution >= 4 is 5.90 Å². The molecular weight excluding hydrogens is 454 g/mol. The minimum absolute atomic E-state index is 0.0235. The van der Waals surface area contributed by atoms with Gasteiger partial charge in [0.05, 0.1) is 24.4 Å². The van der Waals surface area contributed by atoms with Crippen LogP contribution in [0.3, 0.4) is 0 Å². The zero-order valence-corrected chi connectivity index (χ0v) is 24.8. The van der Waals surface area contributed by atoms with E-state index in [4.69, 9.17) is 19.7 Å². The molecule has 1 aromatic rings. The molecule has 6 heteroatoms. The third kappa shape index (κ3) is 23.8. The fourth-order valence-electron chi connectivity index (χ4n) is 2.77. The molecule has 0 amide bonds. The molecule has 2 rings (SSSR count). The zero-order valence-electron chi connectivity index (χ0n) is 24.8. The van der Waals surface area contributed by atoms with E-state index in [0.29, 0.717) is 12.5 Å². The normalized spacial score (nSPS) is 16.6. The Labute approximate surface area is 221 Å². The SMILES string of the molecule is C=C(C)CCCCOc1ccc(CCC2(CO)COC(C)=N2)cc1.CC.CC(C)(C)O.CC(C)(C)O. The highest BCUT2D eigenvalue weighted by molar-refractivity contribution is 5.75. The largest absolute Gasteiger partial charge is 0.494 e. The summed E-state index contributed by atoms with van der Waals surface area (Å²) in [4.78, 5) is 4.45. The molecule has 6 nitrogen and oxygen atoms in total. The molecule has 3 N–H and O–H groups in total. The van der Waals surface area contributed by atoms with E-state index in [2.05, 4.69) is 30.6 Å². The number of ether oxygens (including phenoxy) is 2. The predicted molar refractivity (Wildman–Crippen MR) is 153 cm³/mol. The lowest BCUT2D eigenvalue weighted by Gasteiger charge is -2.21. The van der Waals surface area contributed by atoms with E-state index in [9.17, 15) is 5.11 Å². The van der Waals surface area contributed by atoms with Crippen molar-refractivity contribution in [2.75, 3.05) is 19.8 Å². The molecule has 1 aromatic carbocycles. The Morgan fingerprint density at radius 3 is 1.92 bits per heavy atom. The first-order valence-corrected chi connectivity index (χ1v) is 13.1. The van der Waals surface area contributed by atoms with Gasteiger partial charge in [-0.3, -0.25) is 0 Å². The first kappa shape index (κ1) is 36.3. The van der Waals surface area contributed by atoms with Gasteiger partial charge in [0.2, 0.25) is 0 Å². The van der Waals surface area contributed by atoms with Crippen LogP contribution in [0, 0.1) is 0 Å². The van der Waals surface area contributed by atoms with Gasteiger partial charge < -0.3 is 24.8 Å². The standard InChI is InChI=1S/C20H29NO3.2C4H10O.C2H6/c1-16(2)6-4-5-13-23-19-9-7-18(8-10-19)11-12-20(14-22)15-24-17(3)21-20;2*1-4(2,3)5;1-2/h7-10,22H,1,4-6,11-15H2,2-3H3;2*5H,1-3H3;1-2H3. The number of nitrogens with zero attached hydrogens (tertiary/aromatic N) is 1. The number of rotatable bonds is 10. The van der Waals surface area contributed by atoms with E-state index in [1.807, 2.05) is 32.9 Å². The van der Waals surface area contributed by atoms with E-state index >= 15 is 0 Å². The van der Waals surface area contributed by atoms with Gasteiger partial charge >= 0.3 is 0 Å². The highest BCUT2D eigenvalue weighted by Crippen LogP contribution is 2.25. The van der Waals surface area contributed by atoms with E-state index in [-0.39, 0.29) is 6.61 Å². The number of aliphatic hydroxyl groups is 3. The van der Waals surface area contributed by atoms with Gasteiger partial charge in [0.15, 0.2) is 5.90 Å². The molecule has 0 aliphatic carbocycles. The lowest BCUT2D eigenvalue weighted by Crippen LogP contribution is -2.33. The number of aliphatic imine (C=N–C) groups is 1. The summed E-state index contributed by atoms with van der Waals surface area (Å²) in [6.45, 7) is 23.5. The van der Waals surface area contributed by atoms with Crippen LogP contribution in [0.25, 0.3) is 0 Å². The van der Waals surface area contributed by atoms with Gasteiger partial charge in [-0.1, -0.05) is 31.6 Å². The van der Waals surface area contributed by atoms with Gasteiger partial charge in [0.1, 0.15) is 17.9 Å². The Hall–Kier alpha value is -1.89. The molecule has 0 spiro atoms. The average molecular weight is 510 g/mol. The van der Waals surface area contributed by atoms with Crippen LogP contribution in [0.2, 0.25) is 0 Å². The van der Waals surface area contributed by atoms with E-state index in [1.165, 1.54) is 11.1 Å². The lowest BCUT2D eigenvalue weighted by molar-refractivity contribution is 0.101. The number of benzene rings is 1. The molecule has 0 fully saturated rings. The van der Waals surface area contributed by atoms with Crippen molar-refractivity contribution < 1.29 is 24.8 Å². The summed E-state index contributed by atoms with van der Waals surface area (Å²) in [5.74, 6) is 1.57. The van der Waals surface area contributed by atoms with Crippen molar-refractivity contribution in [3.63, 3.8) is 0 Å². The smallest absolute Gasteiger partial charge is 0.180 e. The van der Waals surface area contributed by atoms with Gasteiger partial charge in [0.25, 0.3) is 0 Å². The zero-order chi connectivity index (χ0) is 28.4. The van der Waals surface area contributed by atoms with Gasteiger partial charge in [-0.05, 0) is 98.3 Å². The minimum atomic E-state index is -0.500. The molecule has 0 saturated carbocycles. The number of aliphatic hydroxyl groups excluding tert-OH is 1. The summed E-state index contributed by atoms with van der Waals surface area (Å²) in [5.41, 5.74) is 0.979. The molecule has 36 heavy (non-hydrogen) atoms. The summed E-state index contributed by atoms with van der Waals surface area (Å²) >= 11 is 0. The molecule has 210 valence electrons. The molecule has 1 aliphatic rings. The first-order valence-electron chi connectivity index (χ1n) is 13.1. The Balaban J connectivity index is 0. The molecule has 1 unspecified atom stereocenters. The second kappa shape index (κ2) is 18.4. The molecule has 0 radical (unpaired) electrons. The maximum Gasteiger partial charge on any atom is 0.180 e. The highest BCUT2D eigenvalue weighted by atomic mass is 16.5. The summed E-state index contributed by atoms with van der Waals surface area (Å²) in [6.07, 6.45) is 4.88. The van der Waals surface area contributed by atoms with Crippen molar-refractivity contribution in [1.82, 2.24) is 0 Å². The fraction of sp³-hybridized carbons (Fsp3) is 0.700. The maximum absolute atomic E-state index is 9.62. The molecule has 0 aromatic heterocycles. The van der Waals surface area contributed by atoms with Crippen LogP contribution in [0.15, 0.2) is 41.4 Å². The Morgan fingerprint density at radius 2 is 1.53 bits per heavy atom. The number of aryl methyl sites for hydroxylation is 1. The summed E-state index contributed by atoms with van der Waals surface area (Å²) < 4.78 is 11.2. The summed E-state index contributed by atoms with van der Waals surface area (Å²) in [6, 6.07) is 8.19. The molecule has 1 atom stereocenters. The summed E-state index contributed by atoms with van der Waals surface area (Å²) in [5, 5.41) is 26.7. The number of hydrogen-bond donors (Lipinski definition) is 3. The Morgan fingerprint density at radius 1 is 1.03 bits per heavy atom. The Kier molecular flexibility index (Phi) is 18.5. The van der Waals surface area contributed by atoms with E-state index in [1.54, 1.807) is 41.5 Å².